The van der Waals surface area contributed by atoms with E-state index in [1.54, 1.807) is 24.3 Å². The predicted molar refractivity (Wildman–Crippen MR) is 93.6 cm³/mol. The molecule has 0 radical (unpaired) electrons. The molecule has 0 aliphatic heterocycles. The molecule has 0 aromatic heterocycles. The molecule has 0 aliphatic carbocycles. The number of ether oxygens (including phenoxy) is 1. The van der Waals surface area contributed by atoms with E-state index in [1.165, 1.54) is 5.56 Å². The molecule has 122 valence electrons. The Kier molecular flexibility index (Phi) is 6.63. The van der Waals surface area contributed by atoms with Crippen LogP contribution in [-0.2, 0) is 17.9 Å². The number of carbonyl (C=O) groups excluding carboxylic acids is 1. The van der Waals surface area contributed by atoms with Crippen LogP contribution in [-0.4, -0.2) is 24.0 Å². The van der Waals surface area contributed by atoms with Crippen molar-refractivity contribution in [3.63, 3.8) is 0 Å². The average molecular weight is 332 g/mol. The summed E-state index contributed by atoms with van der Waals surface area (Å²) in [6, 6.07) is 14.8. The molecule has 0 atom stereocenters. The largest absolute Gasteiger partial charge is 0.457 e. The standard InChI is InChI=1S/C19H22ClNO2/c1-3-21(4-2)13-16-7-5-6-8-17(16)14-23-19(22)15-9-11-18(20)12-10-15/h5-12H,3-4,13-14H2,1-2H3. The fourth-order valence-corrected chi connectivity index (χ4v) is 2.48. The monoisotopic (exact) mass is 331 g/mol. The highest BCUT2D eigenvalue weighted by Crippen LogP contribution is 2.15. The van der Waals surface area contributed by atoms with Crippen molar-refractivity contribution in [1.82, 2.24) is 4.90 Å². The van der Waals surface area contributed by atoms with Crippen LogP contribution in [0.15, 0.2) is 48.5 Å². The minimum absolute atomic E-state index is 0.277. The van der Waals surface area contributed by atoms with E-state index in [-0.39, 0.29) is 12.6 Å². The molecule has 0 saturated heterocycles. The van der Waals surface area contributed by atoms with Crippen molar-refractivity contribution in [2.75, 3.05) is 13.1 Å². The Morgan fingerprint density at radius 1 is 1.00 bits per heavy atom. The van der Waals surface area contributed by atoms with E-state index in [0.29, 0.717) is 10.6 Å². The summed E-state index contributed by atoms with van der Waals surface area (Å²) in [7, 11) is 0. The van der Waals surface area contributed by atoms with Crippen LogP contribution in [0.25, 0.3) is 0 Å². The summed E-state index contributed by atoms with van der Waals surface area (Å²) in [5.41, 5.74) is 2.75. The first-order valence-electron chi connectivity index (χ1n) is 7.85. The summed E-state index contributed by atoms with van der Waals surface area (Å²) in [5.74, 6) is -0.334. The van der Waals surface area contributed by atoms with E-state index in [4.69, 9.17) is 16.3 Å². The van der Waals surface area contributed by atoms with Gasteiger partial charge in [0, 0.05) is 11.6 Å². The fraction of sp³-hybridized carbons (Fsp3) is 0.316. The topological polar surface area (TPSA) is 29.5 Å². The summed E-state index contributed by atoms with van der Waals surface area (Å²) < 4.78 is 5.44. The maximum absolute atomic E-state index is 12.1. The van der Waals surface area contributed by atoms with Gasteiger partial charge in [0.2, 0.25) is 0 Å². The van der Waals surface area contributed by atoms with Gasteiger partial charge in [-0.2, -0.15) is 0 Å². The van der Waals surface area contributed by atoms with Crippen LogP contribution in [0.2, 0.25) is 5.02 Å². The summed E-state index contributed by atoms with van der Waals surface area (Å²) >= 11 is 5.83. The van der Waals surface area contributed by atoms with Crippen molar-refractivity contribution in [1.29, 1.82) is 0 Å². The number of nitrogens with zero attached hydrogens (tertiary/aromatic N) is 1. The molecule has 0 fully saturated rings. The summed E-state index contributed by atoms with van der Waals surface area (Å²) in [6.07, 6.45) is 0. The Hall–Kier alpha value is -1.84. The van der Waals surface area contributed by atoms with Crippen LogP contribution >= 0.6 is 11.6 Å². The number of halogens is 1. The second-order valence-corrected chi connectivity index (χ2v) is 5.75. The molecule has 0 N–H and O–H groups in total. The second-order valence-electron chi connectivity index (χ2n) is 5.31. The van der Waals surface area contributed by atoms with E-state index in [1.807, 2.05) is 18.2 Å². The molecule has 3 nitrogen and oxygen atoms in total. The van der Waals surface area contributed by atoms with E-state index >= 15 is 0 Å². The van der Waals surface area contributed by atoms with E-state index < -0.39 is 0 Å². The van der Waals surface area contributed by atoms with Gasteiger partial charge in [-0.15, -0.1) is 0 Å². The van der Waals surface area contributed by atoms with Crippen LogP contribution in [0, 0.1) is 0 Å². The van der Waals surface area contributed by atoms with Crippen molar-refractivity contribution in [3.05, 3.63) is 70.2 Å². The molecule has 2 aromatic carbocycles. The van der Waals surface area contributed by atoms with Crippen molar-refractivity contribution >= 4 is 17.6 Å². The third-order valence-electron chi connectivity index (χ3n) is 3.85. The molecular formula is C19H22ClNO2. The number of carbonyl (C=O) groups is 1. The normalized spacial score (nSPS) is 10.8. The van der Waals surface area contributed by atoms with Gasteiger partial charge >= 0.3 is 5.97 Å². The zero-order valence-electron chi connectivity index (χ0n) is 13.6. The van der Waals surface area contributed by atoms with E-state index in [0.717, 1.165) is 25.2 Å². The summed E-state index contributed by atoms with van der Waals surface area (Å²) in [4.78, 5) is 14.4. The Morgan fingerprint density at radius 3 is 2.22 bits per heavy atom. The van der Waals surface area contributed by atoms with Crippen molar-refractivity contribution in [2.24, 2.45) is 0 Å². The first kappa shape index (κ1) is 17.5. The fourth-order valence-electron chi connectivity index (χ4n) is 2.35. The number of benzene rings is 2. The van der Waals surface area contributed by atoms with Gasteiger partial charge in [0.1, 0.15) is 6.61 Å². The summed E-state index contributed by atoms with van der Waals surface area (Å²) in [5, 5.41) is 0.603. The average Bonchev–Trinajstić information content (AvgIpc) is 2.59. The van der Waals surface area contributed by atoms with Gasteiger partial charge in [0.15, 0.2) is 0 Å². The highest BCUT2D eigenvalue weighted by molar-refractivity contribution is 6.30. The Morgan fingerprint density at radius 2 is 1.61 bits per heavy atom. The molecule has 0 saturated carbocycles. The minimum atomic E-state index is -0.334. The SMILES string of the molecule is CCN(CC)Cc1ccccc1COC(=O)c1ccc(Cl)cc1. The lowest BCUT2D eigenvalue weighted by Crippen LogP contribution is -2.23. The Labute approximate surface area is 142 Å². The zero-order valence-corrected chi connectivity index (χ0v) is 14.3. The van der Waals surface area contributed by atoms with Crippen LogP contribution in [0.5, 0.6) is 0 Å². The lowest BCUT2D eigenvalue weighted by atomic mass is 10.1. The summed E-state index contributed by atoms with van der Waals surface area (Å²) in [6.45, 7) is 7.42. The second kappa shape index (κ2) is 8.70. The molecule has 23 heavy (non-hydrogen) atoms. The van der Waals surface area contributed by atoms with Crippen molar-refractivity contribution < 1.29 is 9.53 Å². The molecule has 0 bridgehead atoms. The van der Waals surface area contributed by atoms with Gasteiger partial charge in [-0.25, -0.2) is 4.79 Å². The number of hydrogen-bond donors (Lipinski definition) is 0. The van der Waals surface area contributed by atoms with Gasteiger partial charge in [-0.1, -0.05) is 49.7 Å². The highest BCUT2D eigenvalue weighted by atomic mass is 35.5. The van der Waals surface area contributed by atoms with Gasteiger partial charge in [-0.05, 0) is 48.5 Å². The van der Waals surface area contributed by atoms with Gasteiger partial charge < -0.3 is 4.74 Å². The van der Waals surface area contributed by atoms with Gasteiger partial charge in [0.05, 0.1) is 5.56 Å². The molecule has 0 heterocycles. The van der Waals surface area contributed by atoms with Crippen LogP contribution in [0.4, 0.5) is 0 Å². The van der Waals surface area contributed by atoms with E-state index in [2.05, 4.69) is 24.8 Å². The van der Waals surface area contributed by atoms with Gasteiger partial charge in [-0.3, -0.25) is 4.90 Å². The Bertz CT molecular complexity index is 636. The lowest BCUT2D eigenvalue weighted by Gasteiger charge is -2.20. The Balaban J connectivity index is 2.02. The predicted octanol–water partition coefficient (Wildman–Crippen LogP) is 4.54. The first-order valence-corrected chi connectivity index (χ1v) is 8.23. The third kappa shape index (κ3) is 5.08. The molecule has 0 spiro atoms. The number of rotatable bonds is 7. The van der Waals surface area contributed by atoms with Crippen LogP contribution in [0.3, 0.4) is 0 Å². The molecule has 0 unspecified atom stereocenters. The maximum atomic E-state index is 12.1. The maximum Gasteiger partial charge on any atom is 0.338 e. The molecular weight excluding hydrogens is 310 g/mol. The van der Waals surface area contributed by atoms with E-state index in [9.17, 15) is 4.79 Å². The van der Waals surface area contributed by atoms with Crippen molar-refractivity contribution in [3.8, 4) is 0 Å². The van der Waals surface area contributed by atoms with Crippen molar-refractivity contribution in [2.45, 2.75) is 27.0 Å². The molecule has 4 heteroatoms. The lowest BCUT2D eigenvalue weighted by molar-refractivity contribution is 0.0471. The molecule has 2 aromatic rings. The van der Waals surface area contributed by atoms with Crippen LogP contribution < -0.4 is 0 Å². The quantitative estimate of drug-likeness (QED) is 0.698. The zero-order chi connectivity index (χ0) is 16.7. The highest BCUT2D eigenvalue weighted by Gasteiger charge is 2.10. The van der Waals surface area contributed by atoms with Gasteiger partial charge in [0.25, 0.3) is 0 Å². The number of hydrogen-bond acceptors (Lipinski definition) is 3. The number of esters is 1. The smallest absolute Gasteiger partial charge is 0.338 e. The molecule has 2 rings (SSSR count). The molecule has 0 aliphatic rings. The third-order valence-corrected chi connectivity index (χ3v) is 4.10. The molecule has 0 amide bonds. The minimum Gasteiger partial charge on any atom is -0.457 e. The first-order chi connectivity index (χ1) is 11.1. The van der Waals surface area contributed by atoms with Crippen LogP contribution in [0.1, 0.15) is 35.3 Å².